The van der Waals surface area contributed by atoms with Gasteiger partial charge < -0.3 is 0 Å². The highest BCUT2D eigenvalue weighted by Crippen LogP contribution is 2.23. The van der Waals surface area contributed by atoms with E-state index < -0.39 is 10.0 Å². The summed E-state index contributed by atoms with van der Waals surface area (Å²) in [6, 6.07) is 8.52. The molecule has 1 aromatic rings. The van der Waals surface area contributed by atoms with Gasteiger partial charge in [0.1, 0.15) is 0 Å². The minimum absolute atomic E-state index is 0.341. The molecule has 0 bridgehead atoms. The van der Waals surface area contributed by atoms with E-state index in [0.717, 1.165) is 11.5 Å². The molecule has 1 aliphatic rings. The molecule has 1 N–H and O–H groups in total. The van der Waals surface area contributed by atoms with Gasteiger partial charge in [0, 0.05) is 29.1 Å². The predicted molar refractivity (Wildman–Crippen MR) is 75.2 cm³/mol. The lowest BCUT2D eigenvalue weighted by Crippen LogP contribution is -2.33. The summed E-state index contributed by atoms with van der Waals surface area (Å²) in [5, 5.41) is 0.396. The van der Waals surface area contributed by atoms with Crippen molar-refractivity contribution in [3.05, 3.63) is 30.3 Å². The maximum atomic E-state index is 11.9. The van der Waals surface area contributed by atoms with E-state index in [-0.39, 0.29) is 0 Å². The second kappa shape index (κ2) is 6.13. The maximum absolute atomic E-state index is 11.9. The van der Waals surface area contributed by atoms with Crippen LogP contribution in [0.3, 0.4) is 0 Å². The third-order valence-corrected chi connectivity index (χ3v) is 6.72. The third-order valence-electron chi connectivity index (χ3n) is 2.44. The lowest BCUT2D eigenvalue weighted by atomic mass is 10.4. The van der Waals surface area contributed by atoms with Gasteiger partial charge in [0.25, 0.3) is 0 Å². The number of nitrogens with one attached hydrogen (secondary N) is 1. The van der Waals surface area contributed by atoms with Crippen LogP contribution in [0.15, 0.2) is 35.2 Å². The highest BCUT2D eigenvalue weighted by molar-refractivity contribution is 8.06. The fourth-order valence-electron chi connectivity index (χ4n) is 1.54. The van der Waals surface area contributed by atoms with Crippen LogP contribution < -0.4 is 4.72 Å². The molecule has 2 rings (SSSR count). The molecule has 1 heterocycles. The second-order valence-corrected chi connectivity index (χ2v) is 8.06. The summed E-state index contributed by atoms with van der Waals surface area (Å²) in [4.78, 5) is 0.341. The van der Waals surface area contributed by atoms with E-state index in [9.17, 15) is 8.42 Å². The number of hydrogen-bond donors (Lipinski definition) is 1. The molecule has 0 spiro atoms. The molecule has 1 fully saturated rings. The summed E-state index contributed by atoms with van der Waals surface area (Å²) >= 11 is 3.75. The van der Waals surface area contributed by atoms with Gasteiger partial charge >= 0.3 is 0 Å². The zero-order valence-electron chi connectivity index (χ0n) is 9.33. The molecule has 0 radical (unpaired) electrons. The van der Waals surface area contributed by atoms with Crippen molar-refractivity contribution < 1.29 is 8.42 Å². The highest BCUT2D eigenvalue weighted by atomic mass is 32.2. The van der Waals surface area contributed by atoms with E-state index in [1.54, 1.807) is 24.3 Å². The topological polar surface area (TPSA) is 46.2 Å². The molecule has 1 aromatic carbocycles. The van der Waals surface area contributed by atoms with Crippen LogP contribution in [-0.2, 0) is 10.0 Å². The summed E-state index contributed by atoms with van der Waals surface area (Å²) in [5.41, 5.74) is 0. The SMILES string of the molecule is O=S(=O)(NCC1CSCCS1)c1ccccc1. The smallest absolute Gasteiger partial charge is 0.210 e. The minimum Gasteiger partial charge on any atom is -0.210 e. The van der Waals surface area contributed by atoms with E-state index >= 15 is 0 Å². The first-order valence-corrected chi connectivity index (χ1v) is 9.11. The standard InChI is InChI=1S/C11H15NO2S3/c13-17(14,11-4-2-1-3-5-11)12-8-10-9-15-6-7-16-10/h1-5,10,12H,6-9H2. The molecule has 0 aromatic heterocycles. The summed E-state index contributed by atoms with van der Waals surface area (Å²) in [7, 11) is -3.33. The van der Waals surface area contributed by atoms with Crippen LogP contribution in [0.5, 0.6) is 0 Å². The average Bonchev–Trinajstić information content (AvgIpc) is 2.39. The Morgan fingerprint density at radius 1 is 1.24 bits per heavy atom. The van der Waals surface area contributed by atoms with Gasteiger partial charge in [-0.3, -0.25) is 0 Å². The Kier molecular flexibility index (Phi) is 4.78. The van der Waals surface area contributed by atoms with Crippen LogP contribution in [0.4, 0.5) is 0 Å². The van der Waals surface area contributed by atoms with Crippen LogP contribution in [0.2, 0.25) is 0 Å². The van der Waals surface area contributed by atoms with Crippen molar-refractivity contribution in [2.24, 2.45) is 0 Å². The van der Waals surface area contributed by atoms with Crippen molar-refractivity contribution in [1.29, 1.82) is 0 Å². The first kappa shape index (κ1) is 13.3. The molecule has 17 heavy (non-hydrogen) atoms. The fourth-order valence-corrected chi connectivity index (χ4v) is 5.36. The van der Waals surface area contributed by atoms with Gasteiger partial charge in [-0.2, -0.15) is 23.5 Å². The second-order valence-electron chi connectivity index (χ2n) is 3.73. The Labute approximate surface area is 111 Å². The first-order chi connectivity index (χ1) is 8.18. The Bertz CT molecular complexity index is 441. The largest absolute Gasteiger partial charge is 0.240 e. The average molecular weight is 289 g/mol. The molecule has 1 saturated heterocycles. The third kappa shape index (κ3) is 3.91. The highest BCUT2D eigenvalue weighted by Gasteiger charge is 2.18. The van der Waals surface area contributed by atoms with Gasteiger partial charge in [0.15, 0.2) is 0 Å². The van der Waals surface area contributed by atoms with Crippen LogP contribution >= 0.6 is 23.5 Å². The summed E-state index contributed by atoms with van der Waals surface area (Å²) in [6.07, 6.45) is 0. The maximum Gasteiger partial charge on any atom is 0.240 e. The van der Waals surface area contributed by atoms with Crippen LogP contribution in [0.25, 0.3) is 0 Å². The molecular formula is C11H15NO2S3. The van der Waals surface area contributed by atoms with Crippen molar-refractivity contribution in [2.45, 2.75) is 10.1 Å². The lowest BCUT2D eigenvalue weighted by molar-refractivity contribution is 0.581. The predicted octanol–water partition coefficient (Wildman–Crippen LogP) is 1.81. The van der Waals surface area contributed by atoms with Crippen LogP contribution in [0, 0.1) is 0 Å². The van der Waals surface area contributed by atoms with Crippen molar-refractivity contribution >= 4 is 33.5 Å². The van der Waals surface area contributed by atoms with Gasteiger partial charge in [-0.25, -0.2) is 13.1 Å². The van der Waals surface area contributed by atoms with Gasteiger partial charge in [-0.15, -0.1) is 0 Å². The molecule has 1 unspecified atom stereocenters. The van der Waals surface area contributed by atoms with Crippen molar-refractivity contribution in [1.82, 2.24) is 4.72 Å². The Morgan fingerprint density at radius 3 is 2.65 bits per heavy atom. The molecule has 1 aliphatic heterocycles. The van der Waals surface area contributed by atoms with Crippen LogP contribution in [-0.4, -0.2) is 37.5 Å². The first-order valence-electron chi connectivity index (χ1n) is 5.42. The minimum atomic E-state index is -3.33. The summed E-state index contributed by atoms with van der Waals surface area (Å²) < 4.78 is 26.6. The van der Waals surface area contributed by atoms with Gasteiger partial charge in [0.05, 0.1) is 4.90 Å². The number of thioether (sulfide) groups is 2. The molecule has 3 nitrogen and oxygen atoms in total. The van der Waals surface area contributed by atoms with E-state index in [2.05, 4.69) is 4.72 Å². The Hall–Kier alpha value is -0.170. The van der Waals surface area contributed by atoms with E-state index in [1.807, 2.05) is 29.6 Å². The summed E-state index contributed by atoms with van der Waals surface area (Å²) in [5.74, 6) is 3.32. The monoisotopic (exact) mass is 289 g/mol. The molecule has 0 amide bonds. The fraction of sp³-hybridized carbons (Fsp3) is 0.455. The number of sulfonamides is 1. The molecular weight excluding hydrogens is 274 g/mol. The number of hydrogen-bond acceptors (Lipinski definition) is 4. The van der Waals surface area contributed by atoms with Crippen molar-refractivity contribution in [2.75, 3.05) is 23.8 Å². The molecule has 94 valence electrons. The van der Waals surface area contributed by atoms with Gasteiger partial charge in [0.2, 0.25) is 10.0 Å². The van der Waals surface area contributed by atoms with E-state index in [1.165, 1.54) is 5.75 Å². The molecule has 6 heteroatoms. The Balaban J connectivity index is 1.94. The van der Waals surface area contributed by atoms with Gasteiger partial charge in [-0.1, -0.05) is 18.2 Å². The number of benzene rings is 1. The molecule has 0 saturated carbocycles. The van der Waals surface area contributed by atoms with Gasteiger partial charge in [-0.05, 0) is 12.1 Å². The van der Waals surface area contributed by atoms with Crippen molar-refractivity contribution in [3.63, 3.8) is 0 Å². The summed E-state index contributed by atoms with van der Waals surface area (Å²) in [6.45, 7) is 0.523. The zero-order chi connectivity index (χ0) is 12.1. The molecule has 1 atom stereocenters. The quantitative estimate of drug-likeness (QED) is 0.918. The van der Waals surface area contributed by atoms with E-state index in [4.69, 9.17) is 0 Å². The van der Waals surface area contributed by atoms with E-state index in [0.29, 0.717) is 16.7 Å². The normalized spacial score (nSPS) is 21.3. The Morgan fingerprint density at radius 2 is 2.00 bits per heavy atom. The molecule has 0 aliphatic carbocycles. The lowest BCUT2D eigenvalue weighted by Gasteiger charge is -2.21. The van der Waals surface area contributed by atoms with Crippen molar-refractivity contribution in [3.8, 4) is 0 Å². The number of rotatable bonds is 4. The van der Waals surface area contributed by atoms with Crippen LogP contribution in [0.1, 0.15) is 0 Å². The zero-order valence-corrected chi connectivity index (χ0v) is 11.8.